The van der Waals surface area contributed by atoms with E-state index in [0.717, 1.165) is 10.8 Å². The van der Waals surface area contributed by atoms with Gasteiger partial charge in [0.05, 0.1) is 15.6 Å². The SMILES string of the molecule is CCSc1c(C=O)c(Cl)c(C=O)n1CC. The zero-order valence-corrected chi connectivity index (χ0v) is 10.2. The molecule has 1 aromatic rings. The highest BCUT2D eigenvalue weighted by molar-refractivity contribution is 7.99. The van der Waals surface area contributed by atoms with Crippen molar-refractivity contribution in [2.45, 2.75) is 25.4 Å². The molecule has 0 aliphatic carbocycles. The van der Waals surface area contributed by atoms with Gasteiger partial charge in [-0.3, -0.25) is 9.59 Å². The monoisotopic (exact) mass is 245 g/mol. The molecule has 5 heteroatoms. The second-order valence-corrected chi connectivity index (χ2v) is 4.46. The number of nitrogens with zero attached hydrogens (tertiary/aromatic N) is 1. The fourth-order valence-electron chi connectivity index (χ4n) is 1.43. The topological polar surface area (TPSA) is 39.1 Å². The molecule has 15 heavy (non-hydrogen) atoms. The molecule has 0 aromatic carbocycles. The number of halogens is 1. The molecule has 82 valence electrons. The fraction of sp³-hybridized carbons (Fsp3) is 0.400. The summed E-state index contributed by atoms with van der Waals surface area (Å²) in [5, 5.41) is 1.04. The van der Waals surface area contributed by atoms with Crippen LogP contribution in [0.25, 0.3) is 0 Å². The van der Waals surface area contributed by atoms with Crippen molar-refractivity contribution in [3.63, 3.8) is 0 Å². The van der Waals surface area contributed by atoms with Crippen LogP contribution in [0.5, 0.6) is 0 Å². The summed E-state index contributed by atoms with van der Waals surface area (Å²) in [5.41, 5.74) is 0.810. The Kier molecular flexibility index (Phi) is 4.42. The number of rotatable bonds is 5. The Balaban J connectivity index is 3.43. The van der Waals surface area contributed by atoms with Crippen LogP contribution in [0.15, 0.2) is 5.03 Å². The van der Waals surface area contributed by atoms with Crippen LogP contribution in [0.2, 0.25) is 5.02 Å². The Morgan fingerprint density at radius 3 is 2.40 bits per heavy atom. The molecule has 1 aromatic heterocycles. The molecule has 0 atom stereocenters. The molecule has 0 saturated heterocycles. The minimum Gasteiger partial charge on any atom is -0.332 e. The summed E-state index contributed by atoms with van der Waals surface area (Å²) in [6, 6.07) is 0. The number of aldehydes is 2. The van der Waals surface area contributed by atoms with Gasteiger partial charge in [-0.2, -0.15) is 0 Å². The lowest BCUT2D eigenvalue weighted by atomic mass is 10.3. The van der Waals surface area contributed by atoms with Crippen molar-refractivity contribution in [2.75, 3.05) is 5.75 Å². The molecular weight excluding hydrogens is 234 g/mol. The van der Waals surface area contributed by atoms with Crippen LogP contribution in [0.4, 0.5) is 0 Å². The maximum Gasteiger partial charge on any atom is 0.168 e. The Morgan fingerprint density at radius 1 is 1.33 bits per heavy atom. The number of thioether (sulfide) groups is 1. The Morgan fingerprint density at radius 2 is 2.00 bits per heavy atom. The third-order valence-corrected chi connectivity index (χ3v) is 3.45. The van der Waals surface area contributed by atoms with Crippen LogP contribution in [0.3, 0.4) is 0 Å². The minimum absolute atomic E-state index is 0.262. The van der Waals surface area contributed by atoms with Crippen LogP contribution in [-0.2, 0) is 6.54 Å². The van der Waals surface area contributed by atoms with Crippen molar-refractivity contribution >= 4 is 35.9 Å². The number of carbonyl (C=O) groups excluding carboxylic acids is 2. The zero-order chi connectivity index (χ0) is 11.4. The van der Waals surface area contributed by atoms with Crippen LogP contribution in [0, 0.1) is 0 Å². The fourth-order valence-corrected chi connectivity index (χ4v) is 2.73. The van der Waals surface area contributed by atoms with Gasteiger partial charge in [0.15, 0.2) is 12.6 Å². The maximum atomic E-state index is 10.9. The number of aromatic nitrogens is 1. The van der Waals surface area contributed by atoms with Gasteiger partial charge in [-0.05, 0) is 12.7 Å². The van der Waals surface area contributed by atoms with Crippen molar-refractivity contribution < 1.29 is 9.59 Å². The molecule has 0 radical (unpaired) electrons. The van der Waals surface area contributed by atoms with Crippen molar-refractivity contribution in [3.8, 4) is 0 Å². The molecular formula is C10H12ClNO2S. The minimum atomic E-state index is 0.262. The van der Waals surface area contributed by atoms with Gasteiger partial charge in [0, 0.05) is 6.54 Å². The summed E-state index contributed by atoms with van der Waals surface area (Å²) in [5.74, 6) is 0.833. The molecule has 1 heterocycles. The summed E-state index contributed by atoms with van der Waals surface area (Å²) in [6.07, 6.45) is 1.40. The molecule has 0 spiro atoms. The number of carbonyl (C=O) groups is 2. The first-order valence-corrected chi connectivity index (χ1v) is 6.02. The highest BCUT2D eigenvalue weighted by Gasteiger charge is 2.19. The van der Waals surface area contributed by atoms with E-state index in [-0.39, 0.29) is 5.02 Å². The lowest BCUT2D eigenvalue weighted by molar-refractivity contribution is 0.111. The summed E-state index contributed by atoms with van der Waals surface area (Å²) in [4.78, 5) is 21.8. The van der Waals surface area contributed by atoms with E-state index >= 15 is 0 Å². The van der Waals surface area contributed by atoms with Crippen LogP contribution < -0.4 is 0 Å². The Labute approximate surface area is 97.8 Å². The van der Waals surface area contributed by atoms with Gasteiger partial charge in [-0.25, -0.2) is 0 Å². The second-order valence-electron chi connectivity index (χ2n) is 2.83. The molecule has 0 fully saturated rings. The van der Waals surface area contributed by atoms with E-state index < -0.39 is 0 Å². The average molecular weight is 246 g/mol. The standard InChI is InChI=1S/C10H12ClNO2S/c1-3-12-8(6-14)9(11)7(5-13)10(12)15-4-2/h5-6H,3-4H2,1-2H3. The third kappa shape index (κ3) is 2.11. The van der Waals surface area contributed by atoms with Crippen LogP contribution in [-0.4, -0.2) is 22.9 Å². The van der Waals surface area contributed by atoms with Crippen molar-refractivity contribution in [1.29, 1.82) is 0 Å². The van der Waals surface area contributed by atoms with E-state index in [9.17, 15) is 9.59 Å². The molecule has 0 aliphatic heterocycles. The predicted octanol–water partition coefficient (Wildman–Crippen LogP) is 2.90. The average Bonchev–Trinajstić information content (AvgIpc) is 2.50. The molecule has 0 unspecified atom stereocenters. The summed E-state index contributed by atoms with van der Waals surface area (Å²) < 4.78 is 1.77. The van der Waals surface area contributed by atoms with Crippen molar-refractivity contribution in [1.82, 2.24) is 4.57 Å². The molecule has 0 aliphatic rings. The van der Waals surface area contributed by atoms with Gasteiger partial charge < -0.3 is 4.57 Å². The van der Waals surface area contributed by atoms with Crippen LogP contribution in [0.1, 0.15) is 34.7 Å². The van der Waals surface area contributed by atoms with Gasteiger partial charge in [0.1, 0.15) is 5.69 Å². The van der Waals surface area contributed by atoms with E-state index in [2.05, 4.69) is 0 Å². The normalized spacial score (nSPS) is 10.3. The van der Waals surface area contributed by atoms with Crippen LogP contribution >= 0.6 is 23.4 Å². The zero-order valence-electron chi connectivity index (χ0n) is 8.62. The molecule has 3 nitrogen and oxygen atoms in total. The summed E-state index contributed by atoms with van der Waals surface area (Å²) in [6.45, 7) is 4.53. The molecule has 0 saturated carbocycles. The quantitative estimate of drug-likeness (QED) is 0.592. The van der Waals surface area contributed by atoms with Crippen molar-refractivity contribution in [3.05, 3.63) is 16.3 Å². The maximum absolute atomic E-state index is 10.9. The van der Waals surface area contributed by atoms with E-state index in [0.29, 0.717) is 30.4 Å². The second kappa shape index (κ2) is 5.37. The van der Waals surface area contributed by atoms with E-state index in [1.807, 2.05) is 13.8 Å². The third-order valence-electron chi connectivity index (χ3n) is 2.05. The molecule has 0 amide bonds. The first kappa shape index (κ1) is 12.3. The predicted molar refractivity (Wildman–Crippen MR) is 62.3 cm³/mol. The highest BCUT2D eigenvalue weighted by atomic mass is 35.5. The van der Waals surface area contributed by atoms with E-state index in [1.165, 1.54) is 11.8 Å². The van der Waals surface area contributed by atoms with E-state index in [4.69, 9.17) is 11.6 Å². The van der Waals surface area contributed by atoms with E-state index in [1.54, 1.807) is 4.57 Å². The Bertz CT molecular complexity index is 387. The molecule has 0 N–H and O–H groups in total. The summed E-state index contributed by atoms with van der Waals surface area (Å²) in [7, 11) is 0. The van der Waals surface area contributed by atoms with Gasteiger partial charge in [0.25, 0.3) is 0 Å². The highest BCUT2D eigenvalue weighted by Crippen LogP contribution is 2.32. The largest absolute Gasteiger partial charge is 0.332 e. The number of hydrogen-bond acceptors (Lipinski definition) is 3. The summed E-state index contributed by atoms with van der Waals surface area (Å²) >= 11 is 7.47. The number of hydrogen-bond donors (Lipinski definition) is 0. The first-order valence-electron chi connectivity index (χ1n) is 4.66. The molecule has 1 rings (SSSR count). The molecule has 0 bridgehead atoms. The van der Waals surface area contributed by atoms with Crippen molar-refractivity contribution in [2.24, 2.45) is 0 Å². The van der Waals surface area contributed by atoms with Gasteiger partial charge in [-0.1, -0.05) is 18.5 Å². The first-order chi connectivity index (χ1) is 7.21. The lowest BCUT2D eigenvalue weighted by Crippen LogP contribution is -2.01. The van der Waals surface area contributed by atoms with Gasteiger partial charge in [0.2, 0.25) is 0 Å². The van der Waals surface area contributed by atoms with Gasteiger partial charge in [-0.15, -0.1) is 11.8 Å². The Hall–Kier alpha value is -0.740. The van der Waals surface area contributed by atoms with Gasteiger partial charge >= 0.3 is 0 Å². The lowest BCUT2D eigenvalue weighted by Gasteiger charge is -2.06. The smallest absolute Gasteiger partial charge is 0.168 e.